The molecule has 2 nitrogen and oxygen atoms in total. The Kier molecular flexibility index (Phi) is 2.54. The molecular formula is C8H9NOS. The van der Waals surface area contributed by atoms with Crippen molar-refractivity contribution in [3.63, 3.8) is 0 Å². The molecule has 0 aliphatic heterocycles. The van der Waals surface area contributed by atoms with Gasteiger partial charge in [0.1, 0.15) is 4.64 Å². The Bertz CT molecular complexity index is 316. The topological polar surface area (TPSA) is 22.0 Å². The van der Waals surface area contributed by atoms with E-state index < -0.39 is 0 Å². The highest BCUT2D eigenvalue weighted by Crippen LogP contribution is 1.99. The van der Waals surface area contributed by atoms with Crippen molar-refractivity contribution in [3.8, 4) is 0 Å². The van der Waals surface area contributed by atoms with Crippen LogP contribution in [-0.4, -0.2) is 10.9 Å². The van der Waals surface area contributed by atoms with E-state index in [1.807, 2.05) is 23.8 Å². The summed E-state index contributed by atoms with van der Waals surface area (Å²) in [6, 6.07) is 3.55. The van der Waals surface area contributed by atoms with Crippen molar-refractivity contribution in [2.24, 2.45) is 0 Å². The van der Waals surface area contributed by atoms with Crippen LogP contribution in [0.4, 0.5) is 0 Å². The van der Waals surface area contributed by atoms with Gasteiger partial charge in [-0.25, -0.2) is 0 Å². The molecule has 0 radical (unpaired) electrons. The number of hydrogen-bond donors (Lipinski definition) is 0. The number of carbonyl (C=O) groups excluding carboxylic acids is 1. The van der Waals surface area contributed by atoms with Crippen molar-refractivity contribution >= 4 is 18.5 Å². The van der Waals surface area contributed by atoms with E-state index in [0.717, 1.165) is 12.8 Å². The maximum atomic E-state index is 10.4. The average molecular weight is 167 g/mol. The summed E-state index contributed by atoms with van der Waals surface area (Å²) in [5.41, 5.74) is 0.587. The Hall–Kier alpha value is -0.960. The van der Waals surface area contributed by atoms with E-state index in [2.05, 4.69) is 0 Å². The quantitative estimate of drug-likeness (QED) is 0.496. The molecule has 3 heteroatoms. The van der Waals surface area contributed by atoms with Crippen molar-refractivity contribution in [1.82, 2.24) is 4.57 Å². The Morgan fingerprint density at radius 2 is 2.45 bits per heavy atom. The fourth-order valence-electron chi connectivity index (χ4n) is 0.894. The van der Waals surface area contributed by atoms with Crippen LogP contribution in [0.2, 0.25) is 0 Å². The standard InChI is InChI=1S/C8H9NOS/c1-2-9-5-3-4-7(6-10)8(9)11/h3-6H,2H2,1H3. The van der Waals surface area contributed by atoms with Crippen LogP contribution in [0.5, 0.6) is 0 Å². The van der Waals surface area contributed by atoms with Crippen molar-refractivity contribution < 1.29 is 4.79 Å². The number of nitrogens with zero attached hydrogens (tertiary/aromatic N) is 1. The van der Waals surface area contributed by atoms with Crippen molar-refractivity contribution in [2.75, 3.05) is 0 Å². The summed E-state index contributed by atoms with van der Waals surface area (Å²) in [5.74, 6) is 0. The molecule has 1 heterocycles. The minimum atomic E-state index is 0.587. The van der Waals surface area contributed by atoms with E-state index in [0.29, 0.717) is 10.2 Å². The van der Waals surface area contributed by atoms with Crippen LogP contribution in [0, 0.1) is 4.64 Å². The highest BCUT2D eigenvalue weighted by molar-refractivity contribution is 7.71. The number of aldehydes is 1. The van der Waals surface area contributed by atoms with Gasteiger partial charge in [0.25, 0.3) is 0 Å². The van der Waals surface area contributed by atoms with Gasteiger partial charge in [-0.05, 0) is 19.1 Å². The number of carbonyl (C=O) groups is 1. The molecule has 1 rings (SSSR count). The summed E-state index contributed by atoms with van der Waals surface area (Å²) >= 11 is 5.02. The zero-order valence-electron chi connectivity index (χ0n) is 6.28. The van der Waals surface area contributed by atoms with Crippen molar-refractivity contribution in [1.29, 1.82) is 0 Å². The largest absolute Gasteiger partial charge is 0.339 e. The second-order valence-corrected chi connectivity index (χ2v) is 2.56. The Morgan fingerprint density at radius 3 is 3.00 bits per heavy atom. The summed E-state index contributed by atoms with van der Waals surface area (Å²) < 4.78 is 2.48. The van der Waals surface area contributed by atoms with E-state index in [1.165, 1.54) is 0 Å². The molecule has 11 heavy (non-hydrogen) atoms. The van der Waals surface area contributed by atoms with E-state index in [4.69, 9.17) is 12.2 Å². The SMILES string of the molecule is CCn1cccc(C=O)c1=S. The first-order valence-corrected chi connectivity index (χ1v) is 3.85. The summed E-state index contributed by atoms with van der Waals surface area (Å²) in [7, 11) is 0. The first-order chi connectivity index (χ1) is 5.29. The van der Waals surface area contributed by atoms with Gasteiger partial charge in [-0.3, -0.25) is 4.79 Å². The van der Waals surface area contributed by atoms with Crippen molar-refractivity contribution in [3.05, 3.63) is 28.5 Å². The van der Waals surface area contributed by atoms with Crippen LogP contribution in [-0.2, 0) is 6.54 Å². The van der Waals surface area contributed by atoms with Gasteiger partial charge in [0.2, 0.25) is 0 Å². The normalized spacial score (nSPS) is 9.55. The van der Waals surface area contributed by atoms with Crippen LogP contribution >= 0.6 is 12.2 Å². The number of rotatable bonds is 2. The summed E-state index contributed by atoms with van der Waals surface area (Å²) in [6.45, 7) is 2.80. The van der Waals surface area contributed by atoms with Gasteiger partial charge in [-0.1, -0.05) is 12.2 Å². The Morgan fingerprint density at radius 1 is 1.73 bits per heavy atom. The molecule has 0 N–H and O–H groups in total. The summed E-state index contributed by atoms with van der Waals surface area (Å²) in [6.07, 6.45) is 2.66. The first kappa shape index (κ1) is 8.14. The number of hydrogen-bond acceptors (Lipinski definition) is 2. The zero-order chi connectivity index (χ0) is 8.27. The molecule has 0 saturated heterocycles. The molecule has 58 valence electrons. The molecule has 0 aliphatic rings. The predicted molar refractivity (Wildman–Crippen MR) is 46.3 cm³/mol. The predicted octanol–water partition coefficient (Wildman–Crippen LogP) is 2.05. The fourth-order valence-corrected chi connectivity index (χ4v) is 1.20. The molecule has 1 aromatic heterocycles. The van der Waals surface area contributed by atoms with Gasteiger partial charge in [-0.2, -0.15) is 0 Å². The number of pyridine rings is 1. The molecule has 0 atom stereocenters. The maximum Gasteiger partial charge on any atom is 0.153 e. The van der Waals surface area contributed by atoms with Gasteiger partial charge in [0.15, 0.2) is 6.29 Å². The molecule has 0 aliphatic carbocycles. The lowest BCUT2D eigenvalue weighted by atomic mass is 10.3. The second kappa shape index (κ2) is 3.44. The summed E-state index contributed by atoms with van der Waals surface area (Å²) in [4.78, 5) is 10.4. The van der Waals surface area contributed by atoms with Crippen LogP contribution in [0.1, 0.15) is 17.3 Å². The van der Waals surface area contributed by atoms with Crippen LogP contribution in [0.15, 0.2) is 18.3 Å². The first-order valence-electron chi connectivity index (χ1n) is 3.44. The highest BCUT2D eigenvalue weighted by Gasteiger charge is 1.94. The van der Waals surface area contributed by atoms with Gasteiger partial charge >= 0.3 is 0 Å². The second-order valence-electron chi connectivity index (χ2n) is 2.17. The Labute approximate surface area is 70.5 Å². The van der Waals surface area contributed by atoms with Gasteiger partial charge < -0.3 is 4.57 Å². The lowest BCUT2D eigenvalue weighted by molar-refractivity contribution is 0.112. The monoisotopic (exact) mass is 167 g/mol. The van der Waals surface area contributed by atoms with Crippen LogP contribution in [0.25, 0.3) is 0 Å². The average Bonchev–Trinajstić information content (AvgIpc) is 2.05. The molecular weight excluding hydrogens is 158 g/mol. The molecule has 0 spiro atoms. The molecule has 0 bridgehead atoms. The molecule has 0 amide bonds. The minimum Gasteiger partial charge on any atom is -0.339 e. The molecule has 0 saturated carbocycles. The molecule has 0 fully saturated rings. The lowest BCUT2D eigenvalue weighted by Crippen LogP contribution is -1.98. The molecule has 1 aromatic rings. The van der Waals surface area contributed by atoms with E-state index in [-0.39, 0.29) is 0 Å². The highest BCUT2D eigenvalue weighted by atomic mass is 32.1. The minimum absolute atomic E-state index is 0.587. The molecule has 0 unspecified atom stereocenters. The van der Waals surface area contributed by atoms with Crippen molar-refractivity contribution in [2.45, 2.75) is 13.5 Å². The van der Waals surface area contributed by atoms with Crippen LogP contribution < -0.4 is 0 Å². The van der Waals surface area contributed by atoms with Gasteiger partial charge in [0, 0.05) is 18.3 Å². The third-order valence-electron chi connectivity index (χ3n) is 1.52. The van der Waals surface area contributed by atoms with E-state index in [1.54, 1.807) is 6.07 Å². The van der Waals surface area contributed by atoms with E-state index >= 15 is 0 Å². The van der Waals surface area contributed by atoms with Crippen LogP contribution in [0.3, 0.4) is 0 Å². The molecule has 0 aromatic carbocycles. The third-order valence-corrected chi connectivity index (χ3v) is 1.99. The zero-order valence-corrected chi connectivity index (χ0v) is 7.10. The lowest BCUT2D eigenvalue weighted by Gasteiger charge is -2.02. The van der Waals surface area contributed by atoms with Gasteiger partial charge in [-0.15, -0.1) is 0 Å². The summed E-state index contributed by atoms with van der Waals surface area (Å²) in [5, 5.41) is 0. The Balaban J connectivity index is 3.32. The number of aromatic nitrogens is 1. The van der Waals surface area contributed by atoms with Gasteiger partial charge in [0.05, 0.1) is 0 Å². The number of aryl methyl sites for hydroxylation is 1. The smallest absolute Gasteiger partial charge is 0.153 e. The maximum absolute atomic E-state index is 10.4. The third kappa shape index (κ3) is 1.54. The fraction of sp³-hybridized carbons (Fsp3) is 0.250. The van der Waals surface area contributed by atoms with E-state index in [9.17, 15) is 4.79 Å².